The van der Waals surface area contributed by atoms with Gasteiger partial charge < -0.3 is 40.6 Å². The molecule has 0 fully saturated rings. The topological polar surface area (TPSA) is 160 Å². The summed E-state index contributed by atoms with van der Waals surface area (Å²) in [4.78, 5) is 20.9. The van der Waals surface area contributed by atoms with Crippen LogP contribution in [0.5, 0.6) is 0 Å². The van der Waals surface area contributed by atoms with Crippen LogP contribution >= 0.6 is 7.82 Å². The Morgan fingerprint density at radius 2 is 1.14 bits per heavy atom. The minimum Gasteiger partial charge on any atom is -0.395 e. The highest BCUT2D eigenvalue weighted by Gasteiger charge is 2.15. The molecular weight excluding hydrogens is 389 g/mol. The van der Waals surface area contributed by atoms with Crippen LogP contribution in [-0.4, -0.2) is 107 Å². The summed E-state index contributed by atoms with van der Waals surface area (Å²) in [5.74, 6) is 0. The molecule has 1 unspecified atom stereocenters. The van der Waals surface area contributed by atoms with Crippen molar-refractivity contribution in [3.05, 3.63) is 0 Å². The van der Waals surface area contributed by atoms with Gasteiger partial charge in [-0.2, -0.15) is 0 Å². The van der Waals surface area contributed by atoms with Gasteiger partial charge in [0.1, 0.15) is 6.10 Å². The van der Waals surface area contributed by atoms with Gasteiger partial charge in [0.25, 0.3) is 0 Å². The van der Waals surface area contributed by atoms with E-state index in [1.807, 2.05) is 0 Å². The second kappa shape index (κ2) is 26.9. The first kappa shape index (κ1) is 35.3. The highest BCUT2D eigenvalue weighted by atomic mass is 31.2. The molecule has 0 aromatic heterocycles. The minimum atomic E-state index is -4.50. The van der Waals surface area contributed by atoms with Crippen LogP contribution in [0.2, 0.25) is 0 Å². The summed E-state index contributed by atoms with van der Waals surface area (Å²) in [6, 6.07) is 0. The first-order valence-corrected chi connectivity index (χ1v) is 11.3. The lowest BCUT2D eigenvalue weighted by molar-refractivity contribution is 0.0419. The summed E-state index contributed by atoms with van der Waals surface area (Å²) in [5, 5.41) is 24.4. The molecule has 0 amide bonds. The van der Waals surface area contributed by atoms with Crippen LogP contribution in [0.15, 0.2) is 0 Å². The van der Waals surface area contributed by atoms with Gasteiger partial charge in [-0.15, -0.1) is 0 Å². The molecule has 0 aliphatic carbocycles. The van der Waals surface area contributed by atoms with Crippen LogP contribution in [0.4, 0.5) is 0 Å². The highest BCUT2D eigenvalue weighted by Crippen LogP contribution is 2.35. The second-order valence-electron chi connectivity index (χ2n) is 5.37. The van der Waals surface area contributed by atoms with E-state index in [1.165, 1.54) is 39.3 Å². The predicted molar refractivity (Wildman–Crippen MR) is 114 cm³/mol. The number of aliphatic hydroxyl groups excluding tert-OH is 3. The van der Waals surface area contributed by atoms with E-state index in [1.54, 1.807) is 0 Å². The molecule has 0 spiro atoms. The quantitative estimate of drug-likeness (QED) is 0.245. The minimum absolute atomic E-state index is 0.0972. The third-order valence-electron chi connectivity index (χ3n) is 3.46. The number of hydrogen-bond acceptors (Lipinski definition) is 8. The summed E-state index contributed by atoms with van der Waals surface area (Å²) < 4.78 is 13.8. The van der Waals surface area contributed by atoms with Crippen molar-refractivity contribution in [3.8, 4) is 0 Å². The number of aliphatic hydroxyl groups is 3. The maximum atomic E-state index is 9.93. The molecular formula is C17H46N3O7P. The fourth-order valence-electron chi connectivity index (χ4n) is 1.58. The monoisotopic (exact) mass is 435 g/mol. The number of hydrogen-bond donors (Lipinski definition) is 6. The molecule has 11 heteroatoms. The number of nitrogens with zero attached hydrogens (tertiary/aromatic N) is 2. The third-order valence-corrected chi connectivity index (χ3v) is 3.94. The molecule has 10 nitrogen and oxygen atoms in total. The zero-order valence-electron chi connectivity index (χ0n) is 18.6. The van der Waals surface area contributed by atoms with E-state index in [0.717, 1.165) is 0 Å². The molecule has 0 heterocycles. The molecule has 0 radical (unpaired) electrons. The van der Waals surface area contributed by atoms with Gasteiger partial charge in [0.15, 0.2) is 0 Å². The molecule has 0 aliphatic heterocycles. The molecule has 0 aromatic rings. The Kier molecular flexibility index (Phi) is 33.9. The van der Waals surface area contributed by atoms with Crippen molar-refractivity contribution in [1.82, 2.24) is 9.80 Å². The molecule has 28 heavy (non-hydrogen) atoms. The first-order valence-electron chi connectivity index (χ1n) is 9.81. The smallest absolute Gasteiger partial charge is 0.395 e. The molecule has 0 rings (SSSR count). The van der Waals surface area contributed by atoms with E-state index in [-0.39, 0.29) is 6.61 Å². The lowest BCUT2D eigenvalue weighted by Gasteiger charge is -2.13. The summed E-state index contributed by atoms with van der Waals surface area (Å²) >= 11 is 0. The van der Waals surface area contributed by atoms with E-state index in [2.05, 4.69) is 55.9 Å². The van der Waals surface area contributed by atoms with E-state index >= 15 is 0 Å². The van der Waals surface area contributed by atoms with E-state index < -0.39 is 27.1 Å². The van der Waals surface area contributed by atoms with Gasteiger partial charge in [0, 0.05) is 6.54 Å². The third kappa shape index (κ3) is 36.7. The average Bonchev–Trinajstić information content (AvgIpc) is 2.69. The summed E-state index contributed by atoms with van der Waals surface area (Å²) in [7, 11) is -4.50. The van der Waals surface area contributed by atoms with Crippen molar-refractivity contribution in [2.75, 3.05) is 65.6 Å². The normalized spacial score (nSPS) is 11.6. The lowest BCUT2D eigenvalue weighted by atomic mass is 10.4. The van der Waals surface area contributed by atoms with Gasteiger partial charge in [-0.1, -0.05) is 41.5 Å². The van der Waals surface area contributed by atoms with E-state index in [9.17, 15) is 4.57 Å². The Morgan fingerprint density at radius 3 is 1.25 bits per heavy atom. The maximum Gasteiger partial charge on any atom is 0.469 e. The number of nitrogens with two attached hydrogens (primary N) is 1. The average molecular weight is 436 g/mol. The van der Waals surface area contributed by atoms with E-state index in [4.69, 9.17) is 30.8 Å². The Balaban J connectivity index is -0.000000144. The summed E-state index contributed by atoms with van der Waals surface area (Å²) in [6.45, 7) is 19.6. The molecule has 0 aromatic carbocycles. The SMILES string of the molecule is CCN(CC)CC.CCN(CC)CC.NCCO.O=P(O)(O)OCC(O)CO. The van der Waals surface area contributed by atoms with Crippen molar-refractivity contribution in [2.45, 2.75) is 47.6 Å². The molecule has 7 N–H and O–H groups in total. The maximum absolute atomic E-state index is 9.93. The van der Waals surface area contributed by atoms with Gasteiger partial charge in [-0.25, -0.2) is 4.57 Å². The van der Waals surface area contributed by atoms with Gasteiger partial charge >= 0.3 is 7.82 Å². The molecule has 176 valence electrons. The molecule has 0 bridgehead atoms. The first-order chi connectivity index (χ1) is 13.1. The largest absolute Gasteiger partial charge is 0.469 e. The van der Waals surface area contributed by atoms with Crippen LogP contribution in [0.1, 0.15) is 41.5 Å². The Bertz CT molecular complexity index is 290. The van der Waals surface area contributed by atoms with Crippen molar-refractivity contribution >= 4 is 7.82 Å². The van der Waals surface area contributed by atoms with Crippen molar-refractivity contribution in [2.24, 2.45) is 5.73 Å². The van der Waals surface area contributed by atoms with Gasteiger partial charge in [0.2, 0.25) is 0 Å². The number of phosphoric ester groups is 1. The molecule has 0 saturated carbocycles. The van der Waals surface area contributed by atoms with Crippen molar-refractivity contribution in [1.29, 1.82) is 0 Å². The number of phosphoric acid groups is 1. The van der Waals surface area contributed by atoms with Gasteiger partial charge in [-0.05, 0) is 39.3 Å². The second-order valence-corrected chi connectivity index (χ2v) is 6.61. The predicted octanol–water partition coefficient (Wildman–Crippen LogP) is 0.0825. The van der Waals surface area contributed by atoms with Crippen molar-refractivity contribution < 1.29 is 34.2 Å². The zero-order chi connectivity index (χ0) is 23.0. The van der Waals surface area contributed by atoms with Gasteiger partial charge in [0.05, 0.1) is 19.8 Å². The highest BCUT2D eigenvalue weighted by molar-refractivity contribution is 7.46. The van der Waals surface area contributed by atoms with Crippen LogP contribution in [0, 0.1) is 0 Å². The Labute approximate surface area is 171 Å². The van der Waals surface area contributed by atoms with Crippen molar-refractivity contribution in [3.63, 3.8) is 0 Å². The molecule has 1 atom stereocenters. The fraction of sp³-hybridized carbons (Fsp3) is 1.00. The van der Waals surface area contributed by atoms with Crippen LogP contribution < -0.4 is 5.73 Å². The summed E-state index contributed by atoms with van der Waals surface area (Å²) in [6.07, 6.45) is -1.24. The van der Waals surface area contributed by atoms with Crippen LogP contribution in [0.3, 0.4) is 0 Å². The Morgan fingerprint density at radius 1 is 0.857 bits per heavy atom. The standard InChI is InChI=1S/2C6H15N.C3H9O6P.C2H7NO/c2*1-4-7(5-2)6-3;4-1-3(5)2-9-10(6,7)8;3-1-2-4/h2*4-6H2,1-3H3;3-5H,1-2H2,(H2,6,7,8);4H,1-3H2. The van der Waals surface area contributed by atoms with Crippen LogP contribution in [0.25, 0.3) is 0 Å². The zero-order valence-corrected chi connectivity index (χ0v) is 19.5. The number of rotatable bonds is 11. The van der Waals surface area contributed by atoms with E-state index in [0.29, 0.717) is 6.54 Å². The summed E-state index contributed by atoms with van der Waals surface area (Å²) in [5.41, 5.74) is 4.78. The molecule has 0 saturated heterocycles. The Hall–Kier alpha value is -0.130. The van der Waals surface area contributed by atoms with Gasteiger partial charge in [-0.3, -0.25) is 4.52 Å². The lowest BCUT2D eigenvalue weighted by Crippen LogP contribution is -2.21. The van der Waals surface area contributed by atoms with Crippen LogP contribution in [-0.2, 0) is 9.09 Å². The molecule has 0 aliphatic rings. The fourth-order valence-corrected chi connectivity index (χ4v) is 1.94.